The summed E-state index contributed by atoms with van der Waals surface area (Å²) in [7, 11) is 0. The monoisotopic (exact) mass is 917 g/mol. The smallest absolute Gasteiger partial charge is 0.0702 e. The van der Waals surface area contributed by atoms with Crippen LogP contribution in [0.15, 0.2) is 243 Å². The van der Waals surface area contributed by atoms with Gasteiger partial charge in [0.2, 0.25) is 0 Å². The van der Waals surface area contributed by atoms with Crippen molar-refractivity contribution >= 4 is 65.4 Å². The predicted molar refractivity (Wildman–Crippen MR) is 299 cm³/mol. The van der Waals surface area contributed by atoms with Gasteiger partial charge in [0.25, 0.3) is 0 Å². The van der Waals surface area contributed by atoms with Gasteiger partial charge in [-0.2, -0.15) is 0 Å². The molecule has 0 fully saturated rings. The van der Waals surface area contributed by atoms with E-state index in [1.54, 1.807) is 0 Å². The SMILES string of the molecule is Cc1ccc(-n2c3ccc(-c4cc(-c5cnc6ccccc6c5)cc(-c5cnc6ccccc6c5)c4)cc3c3cc(-c4cc(-c5cnc6ccccc6c5)cc(-c5cnc6ccccc6c5)c4)ccc32)cc1. The zero-order valence-electron chi connectivity index (χ0n) is 39.3. The molecule has 0 saturated carbocycles. The van der Waals surface area contributed by atoms with E-state index in [0.29, 0.717) is 0 Å². The number of hydrogen-bond donors (Lipinski definition) is 0. The van der Waals surface area contributed by atoms with E-state index in [9.17, 15) is 0 Å². The molecule has 336 valence electrons. The van der Waals surface area contributed by atoms with Gasteiger partial charge in [-0.15, -0.1) is 0 Å². The predicted octanol–water partition coefficient (Wildman–Crippen LogP) is 17.3. The molecule has 0 saturated heterocycles. The minimum Gasteiger partial charge on any atom is -0.309 e. The molecule has 5 heteroatoms. The van der Waals surface area contributed by atoms with Crippen LogP contribution in [0.3, 0.4) is 0 Å². The van der Waals surface area contributed by atoms with E-state index in [4.69, 9.17) is 19.9 Å². The van der Waals surface area contributed by atoms with Crippen molar-refractivity contribution in [2.45, 2.75) is 6.92 Å². The second-order valence-electron chi connectivity index (χ2n) is 18.9. The maximum absolute atomic E-state index is 4.90. The molecular formula is C67H43N5. The molecule has 5 aromatic heterocycles. The number of pyridine rings is 4. The van der Waals surface area contributed by atoms with Gasteiger partial charge in [-0.1, -0.05) is 103 Å². The number of fused-ring (bicyclic) bond motifs is 7. The second-order valence-corrected chi connectivity index (χ2v) is 18.9. The van der Waals surface area contributed by atoms with Crippen LogP contribution >= 0.6 is 0 Å². The maximum Gasteiger partial charge on any atom is 0.0702 e. The molecule has 0 radical (unpaired) electrons. The van der Waals surface area contributed by atoms with Crippen LogP contribution in [0.4, 0.5) is 0 Å². The lowest BCUT2D eigenvalue weighted by molar-refractivity contribution is 1.17. The Labute approximate surface area is 416 Å². The van der Waals surface area contributed by atoms with E-state index in [2.05, 4.69) is 206 Å². The van der Waals surface area contributed by atoms with Crippen LogP contribution in [0.1, 0.15) is 5.56 Å². The zero-order chi connectivity index (χ0) is 47.7. The van der Waals surface area contributed by atoms with E-state index in [0.717, 1.165) is 127 Å². The summed E-state index contributed by atoms with van der Waals surface area (Å²) in [6, 6.07) is 78.8. The Balaban J connectivity index is 0.974. The van der Waals surface area contributed by atoms with Gasteiger partial charge in [-0.25, -0.2) is 0 Å². The summed E-state index contributed by atoms with van der Waals surface area (Å²) in [6.45, 7) is 2.14. The normalized spacial score (nSPS) is 11.7. The number of rotatable bonds is 7. The number of aryl methyl sites for hydroxylation is 1. The molecule has 0 aliphatic heterocycles. The first-order chi connectivity index (χ1) is 35.5. The minimum absolute atomic E-state index is 0.977. The maximum atomic E-state index is 4.90. The third-order valence-electron chi connectivity index (χ3n) is 14.3. The molecule has 14 rings (SSSR count). The van der Waals surface area contributed by atoms with E-state index in [-0.39, 0.29) is 0 Å². The summed E-state index contributed by atoms with van der Waals surface area (Å²) >= 11 is 0. The fourth-order valence-electron chi connectivity index (χ4n) is 10.5. The number of para-hydroxylation sites is 4. The number of benzene rings is 9. The lowest BCUT2D eigenvalue weighted by atomic mass is 9.92. The Morgan fingerprint density at radius 1 is 0.264 bits per heavy atom. The summed E-state index contributed by atoms with van der Waals surface area (Å²) in [6.07, 6.45) is 7.99. The molecule has 5 nitrogen and oxygen atoms in total. The summed E-state index contributed by atoms with van der Waals surface area (Å²) in [5.41, 5.74) is 21.6. The Hall–Kier alpha value is -9.58. The minimum atomic E-state index is 0.977. The van der Waals surface area contributed by atoms with E-state index in [1.807, 2.05) is 49.1 Å². The molecule has 0 aliphatic rings. The van der Waals surface area contributed by atoms with Crippen molar-refractivity contribution in [2.75, 3.05) is 0 Å². The van der Waals surface area contributed by atoms with Gasteiger partial charge in [-0.05, 0) is 173 Å². The highest BCUT2D eigenvalue weighted by Crippen LogP contribution is 2.41. The molecule has 0 spiro atoms. The molecule has 0 N–H and O–H groups in total. The number of nitrogens with zero attached hydrogens (tertiary/aromatic N) is 5. The standard InChI is InChI=1S/C67H43N5/c1-42-18-22-59(23-19-42)72-66-24-20-43(49-30-51(55-26-45-10-2-6-14-62(45)68-38-55)34-52(31-49)56-27-46-11-3-7-15-63(46)69-39-56)36-60(66)61-37-44(21-25-67(61)72)50-32-53(57-28-47-12-4-8-16-64(47)70-40-57)35-54(33-50)58-29-48-13-5-9-17-65(48)71-41-58/h2-41H,1H3. The Kier molecular flexibility index (Phi) is 9.68. The number of aromatic nitrogens is 5. The molecule has 72 heavy (non-hydrogen) atoms. The molecule has 9 aromatic carbocycles. The van der Waals surface area contributed by atoms with Crippen LogP contribution < -0.4 is 0 Å². The first kappa shape index (κ1) is 41.4. The Morgan fingerprint density at radius 3 is 0.903 bits per heavy atom. The molecule has 0 bridgehead atoms. The Morgan fingerprint density at radius 2 is 0.569 bits per heavy atom. The van der Waals surface area contributed by atoms with Gasteiger partial charge >= 0.3 is 0 Å². The molecule has 5 heterocycles. The van der Waals surface area contributed by atoms with Gasteiger partial charge in [0, 0.05) is 85.0 Å². The molecular weight excluding hydrogens is 875 g/mol. The lowest BCUT2D eigenvalue weighted by Gasteiger charge is -2.13. The molecule has 0 aliphatic carbocycles. The molecule has 0 atom stereocenters. The van der Waals surface area contributed by atoms with Crippen LogP contribution in [0.2, 0.25) is 0 Å². The third-order valence-corrected chi connectivity index (χ3v) is 14.3. The summed E-state index contributed by atoms with van der Waals surface area (Å²) in [4.78, 5) is 19.6. The topological polar surface area (TPSA) is 56.5 Å². The summed E-state index contributed by atoms with van der Waals surface area (Å²) in [5.74, 6) is 0. The second kappa shape index (κ2) is 16.8. The molecule has 0 unspecified atom stereocenters. The Bertz CT molecular complexity index is 4010. The van der Waals surface area contributed by atoms with Gasteiger partial charge < -0.3 is 4.57 Å². The first-order valence-electron chi connectivity index (χ1n) is 24.4. The molecule has 0 amide bonds. The van der Waals surface area contributed by atoms with Gasteiger partial charge in [0.15, 0.2) is 0 Å². The largest absolute Gasteiger partial charge is 0.309 e. The average molecular weight is 918 g/mol. The number of hydrogen-bond acceptors (Lipinski definition) is 4. The quantitative estimate of drug-likeness (QED) is 0.160. The van der Waals surface area contributed by atoms with Crippen LogP contribution in [-0.2, 0) is 0 Å². The van der Waals surface area contributed by atoms with Crippen molar-refractivity contribution in [1.29, 1.82) is 0 Å². The van der Waals surface area contributed by atoms with Crippen molar-refractivity contribution in [2.24, 2.45) is 0 Å². The summed E-state index contributed by atoms with van der Waals surface area (Å²) in [5, 5.41) is 6.77. The first-order valence-corrected chi connectivity index (χ1v) is 24.4. The van der Waals surface area contributed by atoms with Crippen LogP contribution in [0, 0.1) is 6.92 Å². The highest BCUT2D eigenvalue weighted by molar-refractivity contribution is 6.12. The fraction of sp³-hybridized carbons (Fsp3) is 0.0149. The highest BCUT2D eigenvalue weighted by Gasteiger charge is 2.18. The lowest BCUT2D eigenvalue weighted by Crippen LogP contribution is -1.94. The van der Waals surface area contributed by atoms with Crippen LogP contribution in [0.5, 0.6) is 0 Å². The highest BCUT2D eigenvalue weighted by atomic mass is 15.0. The summed E-state index contributed by atoms with van der Waals surface area (Å²) < 4.78 is 2.41. The van der Waals surface area contributed by atoms with E-state index < -0.39 is 0 Å². The van der Waals surface area contributed by atoms with Crippen molar-refractivity contribution in [3.05, 3.63) is 249 Å². The van der Waals surface area contributed by atoms with Crippen LogP contribution in [-0.4, -0.2) is 24.5 Å². The van der Waals surface area contributed by atoms with Gasteiger partial charge in [0.1, 0.15) is 0 Å². The van der Waals surface area contributed by atoms with Crippen molar-refractivity contribution < 1.29 is 0 Å². The zero-order valence-corrected chi connectivity index (χ0v) is 39.3. The van der Waals surface area contributed by atoms with E-state index in [1.165, 1.54) is 16.3 Å². The van der Waals surface area contributed by atoms with Crippen molar-refractivity contribution in [3.63, 3.8) is 0 Å². The van der Waals surface area contributed by atoms with Crippen molar-refractivity contribution in [1.82, 2.24) is 24.5 Å². The van der Waals surface area contributed by atoms with Crippen molar-refractivity contribution in [3.8, 4) is 72.4 Å². The van der Waals surface area contributed by atoms with Gasteiger partial charge in [-0.3, -0.25) is 19.9 Å². The van der Waals surface area contributed by atoms with E-state index >= 15 is 0 Å². The fourth-order valence-corrected chi connectivity index (χ4v) is 10.5. The van der Waals surface area contributed by atoms with Gasteiger partial charge in [0.05, 0.1) is 33.1 Å². The average Bonchev–Trinajstić information content (AvgIpc) is 3.77. The third kappa shape index (κ3) is 7.35. The van der Waals surface area contributed by atoms with Crippen LogP contribution in [0.25, 0.3) is 138 Å². The molecule has 14 aromatic rings.